The van der Waals surface area contributed by atoms with Crippen LogP contribution in [0.4, 0.5) is 39.5 Å². The molecule has 0 atom stereocenters. The van der Waals surface area contributed by atoms with Crippen LogP contribution in [0.3, 0.4) is 0 Å². The van der Waals surface area contributed by atoms with Gasteiger partial charge in [0.1, 0.15) is 5.69 Å². The molecule has 1 aromatic heterocycles. The lowest BCUT2D eigenvalue weighted by molar-refractivity contribution is -0.622. The topological polar surface area (TPSA) is 65.0 Å². The molecule has 0 N–H and O–H groups in total. The Morgan fingerprint density at radius 3 is 1.88 bits per heavy atom. The standard InChI is InChI=1S/C10H8F9N3O2S/c1-5-4-22(6(2)3-20-5)21-25(23,24)10(18,19)8(13,14)7(11,12)9(15,16)17/h3-4H,1-2H3. The third-order valence-corrected chi connectivity index (χ3v) is 4.06. The van der Waals surface area contributed by atoms with Crippen molar-refractivity contribution in [1.82, 2.24) is 4.98 Å². The first kappa shape index (κ1) is 21.2. The molecule has 0 saturated heterocycles. The molecule has 15 heteroatoms. The van der Waals surface area contributed by atoms with Crippen molar-refractivity contribution in [3.8, 4) is 0 Å². The molecule has 0 aromatic carbocycles. The molecule has 0 spiro atoms. The van der Waals surface area contributed by atoms with Crippen LogP contribution in [0.25, 0.3) is 4.83 Å². The van der Waals surface area contributed by atoms with E-state index in [4.69, 9.17) is 0 Å². The van der Waals surface area contributed by atoms with Crippen LogP contribution in [-0.2, 0) is 10.0 Å². The summed E-state index contributed by atoms with van der Waals surface area (Å²) in [5, 5.41) is -6.87. The van der Waals surface area contributed by atoms with Crippen molar-refractivity contribution in [2.75, 3.05) is 0 Å². The van der Waals surface area contributed by atoms with Gasteiger partial charge in [-0.3, -0.25) is 0 Å². The molecule has 0 unspecified atom stereocenters. The van der Waals surface area contributed by atoms with E-state index in [1.165, 1.54) is 6.92 Å². The second-order valence-electron chi connectivity index (χ2n) is 4.73. The summed E-state index contributed by atoms with van der Waals surface area (Å²) in [6.07, 6.45) is -5.61. The number of aryl methyl sites for hydroxylation is 2. The fourth-order valence-electron chi connectivity index (χ4n) is 1.34. The van der Waals surface area contributed by atoms with E-state index < -0.39 is 33.3 Å². The van der Waals surface area contributed by atoms with Crippen LogP contribution in [0.5, 0.6) is 0 Å². The quantitative estimate of drug-likeness (QED) is 0.559. The van der Waals surface area contributed by atoms with Crippen LogP contribution in [0, 0.1) is 13.8 Å². The number of sulfonamides is 1. The van der Waals surface area contributed by atoms with Gasteiger partial charge in [0.2, 0.25) is 10.0 Å². The molecule has 5 nitrogen and oxygen atoms in total. The predicted octanol–water partition coefficient (Wildman–Crippen LogP) is 2.88. The maximum Gasteiger partial charge on any atom is 0.460 e. The van der Waals surface area contributed by atoms with Gasteiger partial charge in [-0.05, 0) is 6.92 Å². The summed E-state index contributed by atoms with van der Waals surface area (Å²) in [6.45, 7) is 2.24. The molecule has 0 aliphatic carbocycles. The Labute approximate surface area is 134 Å². The average Bonchev–Trinajstić information content (AvgIpc) is 2.40. The second-order valence-corrected chi connectivity index (χ2v) is 6.36. The van der Waals surface area contributed by atoms with Crippen molar-refractivity contribution in [1.29, 1.82) is 0 Å². The summed E-state index contributed by atoms with van der Waals surface area (Å²) in [7, 11) is -6.86. The fourth-order valence-corrected chi connectivity index (χ4v) is 2.31. The van der Waals surface area contributed by atoms with E-state index in [0.717, 1.165) is 13.1 Å². The first-order chi connectivity index (χ1) is 10.9. The Hall–Kier alpha value is -1.80. The van der Waals surface area contributed by atoms with E-state index >= 15 is 0 Å². The number of rotatable bonds is 5. The van der Waals surface area contributed by atoms with Gasteiger partial charge < -0.3 is 4.83 Å². The molecule has 1 heterocycles. The van der Waals surface area contributed by atoms with E-state index in [9.17, 15) is 47.9 Å². The monoisotopic (exact) mass is 405 g/mol. The number of hydrogen-bond acceptors (Lipinski definition) is 3. The predicted molar refractivity (Wildman–Crippen MR) is 62.5 cm³/mol. The van der Waals surface area contributed by atoms with Gasteiger partial charge in [0, 0.05) is 6.92 Å². The molecule has 0 aliphatic heterocycles. The van der Waals surface area contributed by atoms with Crippen molar-refractivity contribution in [2.24, 2.45) is 0 Å². The minimum atomic E-state index is -7.33. The zero-order valence-electron chi connectivity index (χ0n) is 12.1. The maximum absolute atomic E-state index is 13.5. The van der Waals surface area contributed by atoms with E-state index in [0.29, 0.717) is 6.20 Å². The van der Waals surface area contributed by atoms with Gasteiger partial charge in [-0.25, -0.2) is 18.1 Å². The van der Waals surface area contributed by atoms with Gasteiger partial charge in [0.25, 0.3) is 0 Å². The molecule has 1 aromatic rings. The van der Waals surface area contributed by atoms with E-state index in [1.54, 1.807) is 0 Å². The Bertz CT molecular complexity index is 761. The normalized spacial score (nSPS) is 14.5. The Balaban J connectivity index is 3.42. The Kier molecular flexibility index (Phi) is 4.99. The van der Waals surface area contributed by atoms with E-state index in [2.05, 4.69) is 9.82 Å². The summed E-state index contributed by atoms with van der Waals surface area (Å²) in [5.74, 6) is -14.7. The maximum atomic E-state index is 13.5. The van der Waals surface area contributed by atoms with Crippen LogP contribution in [0.15, 0.2) is 12.4 Å². The van der Waals surface area contributed by atoms with Gasteiger partial charge in [-0.1, -0.05) is 0 Å². The highest BCUT2D eigenvalue weighted by molar-refractivity contribution is 7.94. The molecule has 0 aliphatic rings. The number of aromatic nitrogens is 2. The van der Waals surface area contributed by atoms with E-state index in [1.807, 2.05) is 0 Å². The SMILES string of the molecule is Cc1c[n+]([N-]S(=O)(=O)C(F)(F)C(F)(F)C(F)(F)C(F)(F)F)c(C)cn1. The summed E-state index contributed by atoms with van der Waals surface area (Å²) >= 11 is 0. The minimum Gasteiger partial charge on any atom is -0.317 e. The molecular weight excluding hydrogens is 397 g/mol. The zero-order chi connectivity index (χ0) is 20.1. The highest BCUT2D eigenvalue weighted by atomic mass is 32.2. The fraction of sp³-hybridized carbons (Fsp3) is 0.600. The molecule has 0 amide bonds. The highest BCUT2D eigenvalue weighted by Gasteiger charge is 2.84. The molecule has 0 bridgehead atoms. The van der Waals surface area contributed by atoms with Crippen LogP contribution in [0.2, 0.25) is 0 Å². The first-order valence-corrected chi connectivity index (χ1v) is 7.35. The Morgan fingerprint density at radius 2 is 1.44 bits per heavy atom. The van der Waals surface area contributed by atoms with Crippen LogP contribution < -0.4 is 4.68 Å². The summed E-state index contributed by atoms with van der Waals surface area (Å²) in [4.78, 5) is 5.77. The van der Waals surface area contributed by atoms with Gasteiger partial charge in [0.05, 0.1) is 6.20 Å². The number of hydrogen-bond donors (Lipinski definition) is 0. The number of alkyl halides is 9. The average molecular weight is 405 g/mol. The lowest BCUT2D eigenvalue weighted by Crippen LogP contribution is -2.63. The van der Waals surface area contributed by atoms with Crippen LogP contribution >= 0.6 is 0 Å². The van der Waals surface area contributed by atoms with Crippen molar-refractivity contribution in [3.05, 3.63) is 28.6 Å². The summed E-state index contributed by atoms with van der Waals surface area (Å²) in [6, 6.07) is 0. The van der Waals surface area contributed by atoms with Gasteiger partial charge in [0.15, 0.2) is 11.9 Å². The van der Waals surface area contributed by atoms with E-state index in [-0.39, 0.29) is 16.1 Å². The van der Waals surface area contributed by atoms with Gasteiger partial charge in [-0.2, -0.15) is 39.5 Å². The molecule has 25 heavy (non-hydrogen) atoms. The van der Waals surface area contributed by atoms with Crippen molar-refractivity contribution >= 4 is 10.0 Å². The highest BCUT2D eigenvalue weighted by Crippen LogP contribution is 2.55. The zero-order valence-corrected chi connectivity index (χ0v) is 12.9. The molecule has 0 saturated carbocycles. The molecule has 1 rings (SSSR count). The lowest BCUT2D eigenvalue weighted by atomic mass is 10.1. The summed E-state index contributed by atoms with van der Waals surface area (Å²) < 4.78 is 138. The summed E-state index contributed by atoms with van der Waals surface area (Å²) in [5.41, 5.74) is -0.351. The second kappa shape index (κ2) is 5.88. The number of halogens is 9. The van der Waals surface area contributed by atoms with Crippen molar-refractivity contribution in [3.63, 3.8) is 0 Å². The smallest absolute Gasteiger partial charge is 0.317 e. The molecule has 0 fully saturated rings. The lowest BCUT2D eigenvalue weighted by Gasteiger charge is -2.35. The van der Waals surface area contributed by atoms with Gasteiger partial charge in [-0.15, -0.1) is 0 Å². The van der Waals surface area contributed by atoms with Crippen LogP contribution in [-0.4, -0.2) is 36.7 Å². The molecular formula is C10H8F9N3O2S. The van der Waals surface area contributed by atoms with Gasteiger partial charge >= 0.3 is 23.3 Å². The van der Waals surface area contributed by atoms with Crippen molar-refractivity contribution < 1.29 is 52.6 Å². The first-order valence-electron chi connectivity index (χ1n) is 5.91. The molecule has 144 valence electrons. The minimum absolute atomic E-state index is 0.0414. The number of nitrogens with zero attached hydrogens (tertiary/aromatic N) is 3. The van der Waals surface area contributed by atoms with Crippen LogP contribution in [0.1, 0.15) is 11.4 Å². The third kappa shape index (κ3) is 3.32. The Morgan fingerprint density at radius 1 is 0.960 bits per heavy atom. The largest absolute Gasteiger partial charge is 0.460 e. The third-order valence-electron chi connectivity index (χ3n) is 2.76. The van der Waals surface area contributed by atoms with Crippen molar-refractivity contribution in [2.45, 2.75) is 37.1 Å². The molecule has 0 radical (unpaired) electrons.